The van der Waals surface area contributed by atoms with E-state index in [0.717, 1.165) is 13.1 Å². The highest BCUT2D eigenvalue weighted by atomic mass is 19.1. The van der Waals surface area contributed by atoms with Gasteiger partial charge in [0.1, 0.15) is 5.82 Å². The lowest BCUT2D eigenvalue weighted by Crippen LogP contribution is -2.41. The third-order valence-electron chi connectivity index (χ3n) is 3.01. The second kappa shape index (κ2) is 6.35. The maximum absolute atomic E-state index is 12.7. The van der Waals surface area contributed by atoms with Crippen molar-refractivity contribution in [2.75, 3.05) is 25.1 Å². The van der Waals surface area contributed by atoms with Gasteiger partial charge < -0.3 is 10.6 Å². The molecule has 1 aromatic rings. The van der Waals surface area contributed by atoms with Crippen molar-refractivity contribution in [3.8, 4) is 0 Å². The summed E-state index contributed by atoms with van der Waals surface area (Å²) in [4.78, 5) is 13.8. The van der Waals surface area contributed by atoms with Gasteiger partial charge in [-0.3, -0.25) is 4.90 Å². The van der Waals surface area contributed by atoms with E-state index in [1.807, 2.05) is 0 Å². The monoisotopic (exact) mass is 251 g/mol. The molecule has 0 saturated carbocycles. The number of carbonyl (C=O) groups is 1. The van der Waals surface area contributed by atoms with Crippen LogP contribution in [0.25, 0.3) is 0 Å². The first-order chi connectivity index (χ1) is 8.74. The molecule has 18 heavy (non-hydrogen) atoms. The van der Waals surface area contributed by atoms with Crippen molar-refractivity contribution in [1.29, 1.82) is 0 Å². The van der Waals surface area contributed by atoms with Crippen LogP contribution in [0.5, 0.6) is 0 Å². The molecule has 0 bridgehead atoms. The van der Waals surface area contributed by atoms with Crippen LogP contribution in [0.1, 0.15) is 19.3 Å². The van der Waals surface area contributed by atoms with Crippen molar-refractivity contribution in [3.63, 3.8) is 0 Å². The SMILES string of the molecule is O=C(NCN1CCCCC1)Nc1ccc(F)cc1. The average molecular weight is 251 g/mol. The second-order valence-electron chi connectivity index (χ2n) is 4.47. The maximum Gasteiger partial charge on any atom is 0.320 e. The molecule has 0 aliphatic carbocycles. The molecule has 1 saturated heterocycles. The zero-order valence-electron chi connectivity index (χ0n) is 10.3. The number of likely N-dealkylation sites (tertiary alicyclic amines) is 1. The zero-order valence-corrected chi connectivity index (χ0v) is 10.3. The molecule has 1 fully saturated rings. The van der Waals surface area contributed by atoms with Crippen LogP contribution in [-0.2, 0) is 0 Å². The number of rotatable bonds is 3. The third kappa shape index (κ3) is 4.00. The van der Waals surface area contributed by atoms with Crippen molar-refractivity contribution < 1.29 is 9.18 Å². The smallest absolute Gasteiger partial charge is 0.320 e. The molecular formula is C13H18FN3O. The summed E-state index contributed by atoms with van der Waals surface area (Å²) in [5.74, 6) is -0.311. The van der Waals surface area contributed by atoms with Gasteiger partial charge in [-0.05, 0) is 50.2 Å². The Kier molecular flexibility index (Phi) is 4.52. The van der Waals surface area contributed by atoms with E-state index in [9.17, 15) is 9.18 Å². The van der Waals surface area contributed by atoms with E-state index in [1.54, 1.807) is 0 Å². The van der Waals surface area contributed by atoms with E-state index in [2.05, 4.69) is 15.5 Å². The highest BCUT2D eigenvalue weighted by molar-refractivity contribution is 5.89. The molecule has 5 heteroatoms. The summed E-state index contributed by atoms with van der Waals surface area (Å²) in [6, 6.07) is 5.46. The molecule has 2 N–H and O–H groups in total. The number of carbonyl (C=O) groups excluding carboxylic acids is 1. The number of benzene rings is 1. The van der Waals surface area contributed by atoms with E-state index >= 15 is 0 Å². The van der Waals surface area contributed by atoms with E-state index in [4.69, 9.17) is 0 Å². The highest BCUT2D eigenvalue weighted by Gasteiger charge is 2.10. The van der Waals surface area contributed by atoms with Gasteiger partial charge in [0.25, 0.3) is 0 Å². The number of nitrogens with zero attached hydrogens (tertiary/aromatic N) is 1. The number of anilines is 1. The number of hydrogen-bond acceptors (Lipinski definition) is 2. The number of amides is 2. The predicted molar refractivity (Wildman–Crippen MR) is 68.8 cm³/mol. The fraction of sp³-hybridized carbons (Fsp3) is 0.462. The summed E-state index contributed by atoms with van der Waals surface area (Å²) in [5.41, 5.74) is 0.590. The summed E-state index contributed by atoms with van der Waals surface area (Å²) >= 11 is 0. The molecule has 0 atom stereocenters. The number of piperidine rings is 1. The van der Waals surface area contributed by atoms with Gasteiger partial charge in [-0.2, -0.15) is 0 Å². The van der Waals surface area contributed by atoms with Gasteiger partial charge in [-0.25, -0.2) is 9.18 Å². The van der Waals surface area contributed by atoms with Crippen LogP contribution >= 0.6 is 0 Å². The topological polar surface area (TPSA) is 44.4 Å². The Balaban J connectivity index is 1.73. The molecule has 1 aliphatic rings. The first kappa shape index (κ1) is 12.8. The van der Waals surface area contributed by atoms with Crippen LogP contribution in [-0.4, -0.2) is 30.7 Å². The lowest BCUT2D eigenvalue weighted by Gasteiger charge is -2.26. The molecule has 98 valence electrons. The molecule has 2 rings (SSSR count). The average Bonchev–Trinajstić information content (AvgIpc) is 2.40. The lowest BCUT2D eigenvalue weighted by molar-refractivity contribution is 0.207. The van der Waals surface area contributed by atoms with E-state index < -0.39 is 0 Å². The number of halogens is 1. The number of nitrogens with one attached hydrogen (secondary N) is 2. The fourth-order valence-corrected chi connectivity index (χ4v) is 2.01. The van der Waals surface area contributed by atoms with Crippen molar-refractivity contribution >= 4 is 11.7 Å². The van der Waals surface area contributed by atoms with Crippen LogP contribution in [0.15, 0.2) is 24.3 Å². The zero-order chi connectivity index (χ0) is 12.8. The Morgan fingerprint density at radius 3 is 2.50 bits per heavy atom. The van der Waals surface area contributed by atoms with Crippen molar-refractivity contribution in [1.82, 2.24) is 10.2 Å². The van der Waals surface area contributed by atoms with Gasteiger partial charge in [0.2, 0.25) is 0 Å². The second-order valence-corrected chi connectivity index (χ2v) is 4.47. The van der Waals surface area contributed by atoms with Gasteiger partial charge in [0.15, 0.2) is 0 Å². The standard InChI is InChI=1S/C13H18FN3O/c14-11-4-6-12(7-5-11)16-13(18)15-10-17-8-2-1-3-9-17/h4-7H,1-3,8-10H2,(H2,15,16,18). The first-order valence-corrected chi connectivity index (χ1v) is 6.27. The molecule has 0 radical (unpaired) electrons. The van der Waals surface area contributed by atoms with E-state index in [0.29, 0.717) is 12.4 Å². The molecule has 0 aromatic heterocycles. The molecule has 0 spiro atoms. The minimum absolute atomic E-state index is 0.257. The van der Waals surface area contributed by atoms with Crippen LogP contribution in [0.4, 0.5) is 14.9 Å². The molecule has 1 aromatic carbocycles. The third-order valence-corrected chi connectivity index (χ3v) is 3.01. The summed E-state index contributed by atoms with van der Waals surface area (Å²) in [6.45, 7) is 2.64. The van der Waals surface area contributed by atoms with Gasteiger partial charge in [0.05, 0.1) is 6.67 Å². The molecule has 4 nitrogen and oxygen atoms in total. The van der Waals surface area contributed by atoms with Crippen LogP contribution in [0.2, 0.25) is 0 Å². The minimum atomic E-state index is -0.311. The molecule has 0 unspecified atom stereocenters. The Labute approximate surface area is 106 Å². The van der Waals surface area contributed by atoms with Gasteiger partial charge >= 0.3 is 6.03 Å². The largest absolute Gasteiger partial charge is 0.325 e. The van der Waals surface area contributed by atoms with Crippen molar-refractivity contribution in [3.05, 3.63) is 30.1 Å². The molecule has 2 amide bonds. The van der Waals surface area contributed by atoms with E-state index in [-0.39, 0.29) is 11.8 Å². The number of urea groups is 1. The molecule has 1 heterocycles. The summed E-state index contributed by atoms with van der Waals surface area (Å²) in [7, 11) is 0. The maximum atomic E-state index is 12.7. The summed E-state index contributed by atoms with van der Waals surface area (Å²) < 4.78 is 12.7. The molecule has 1 aliphatic heterocycles. The Hall–Kier alpha value is -1.62. The van der Waals surface area contributed by atoms with Crippen molar-refractivity contribution in [2.24, 2.45) is 0 Å². The Morgan fingerprint density at radius 1 is 1.17 bits per heavy atom. The van der Waals surface area contributed by atoms with Gasteiger partial charge in [-0.1, -0.05) is 6.42 Å². The summed E-state index contributed by atoms with van der Waals surface area (Å²) in [5, 5.41) is 5.46. The first-order valence-electron chi connectivity index (χ1n) is 6.27. The Bertz CT molecular complexity index is 388. The minimum Gasteiger partial charge on any atom is -0.325 e. The molecular weight excluding hydrogens is 233 g/mol. The highest BCUT2D eigenvalue weighted by Crippen LogP contribution is 2.08. The van der Waals surface area contributed by atoms with Crippen molar-refractivity contribution in [2.45, 2.75) is 19.3 Å². The van der Waals surface area contributed by atoms with Crippen LogP contribution < -0.4 is 10.6 Å². The Morgan fingerprint density at radius 2 is 1.83 bits per heavy atom. The van der Waals surface area contributed by atoms with Crippen LogP contribution in [0, 0.1) is 5.82 Å². The predicted octanol–water partition coefficient (Wildman–Crippen LogP) is 2.39. The van der Waals surface area contributed by atoms with E-state index in [1.165, 1.54) is 43.5 Å². The van der Waals surface area contributed by atoms with Crippen LogP contribution in [0.3, 0.4) is 0 Å². The van der Waals surface area contributed by atoms with Gasteiger partial charge in [0, 0.05) is 5.69 Å². The van der Waals surface area contributed by atoms with Gasteiger partial charge in [-0.15, -0.1) is 0 Å². The lowest BCUT2D eigenvalue weighted by atomic mass is 10.1. The quantitative estimate of drug-likeness (QED) is 0.866. The fourth-order valence-electron chi connectivity index (χ4n) is 2.01. The summed E-state index contributed by atoms with van der Waals surface area (Å²) in [6.07, 6.45) is 3.67. The number of hydrogen-bond donors (Lipinski definition) is 2. The normalized spacial score (nSPS) is 16.3.